The number of hydrogen-bond donors (Lipinski definition) is 0. The van der Waals surface area contributed by atoms with Crippen molar-refractivity contribution < 1.29 is 4.42 Å². The van der Waals surface area contributed by atoms with Crippen molar-refractivity contribution in [2.75, 3.05) is 0 Å². The Morgan fingerprint density at radius 1 is 0.377 bits per heavy atom. The standard InChI is InChI=1S/C49H22B7N3OS/c50-38-36-35-37(39(51)41(53)43(55)45(35)61-46(36)44(56)42(54)40(38)52)49-58-47(57-48(59-49)31-12-6-14-33-34(31)30-11-3-4-13-32(30)60-33)29-10-5-9-27(22-29)24-15-17-25(18-16-24)28-20-19-23-7-1-2-8-26(23)21-28/h1-22H. The van der Waals surface area contributed by atoms with Gasteiger partial charge in [0.2, 0.25) is 0 Å². The molecule has 266 valence electrons. The largest absolute Gasteiger partial charge is 0.456 e. The fourth-order valence-corrected chi connectivity index (χ4v) is 9.65. The maximum Gasteiger partial charge on any atom is 0.164 e. The molecule has 61 heavy (non-hydrogen) atoms. The Bertz CT molecular complexity index is 3640. The molecule has 11 rings (SSSR count). The van der Waals surface area contributed by atoms with Gasteiger partial charge in [-0.1, -0.05) is 131 Å². The highest BCUT2D eigenvalue weighted by atomic mass is 32.1. The third kappa shape index (κ3) is 5.95. The van der Waals surface area contributed by atoms with Crippen molar-refractivity contribution in [2.45, 2.75) is 0 Å². The van der Waals surface area contributed by atoms with Crippen LogP contribution in [0.2, 0.25) is 0 Å². The lowest BCUT2D eigenvalue weighted by atomic mass is 9.64. The summed E-state index contributed by atoms with van der Waals surface area (Å²) in [5.74, 6) is 1.04. The molecule has 0 amide bonds. The van der Waals surface area contributed by atoms with E-state index < -0.39 is 0 Å². The summed E-state index contributed by atoms with van der Waals surface area (Å²) in [6, 6.07) is 45.2. The second-order valence-corrected chi connectivity index (χ2v) is 16.1. The molecule has 12 heteroatoms. The summed E-state index contributed by atoms with van der Waals surface area (Å²) in [6.07, 6.45) is 0. The molecule has 0 spiro atoms. The number of benzene rings is 8. The van der Waals surface area contributed by atoms with Crippen molar-refractivity contribution in [3.05, 3.63) is 133 Å². The maximum absolute atomic E-state index is 6.95. The molecule has 4 nitrogen and oxygen atoms in total. The molecule has 14 radical (unpaired) electrons. The van der Waals surface area contributed by atoms with E-state index >= 15 is 0 Å². The Morgan fingerprint density at radius 2 is 0.951 bits per heavy atom. The van der Waals surface area contributed by atoms with E-state index in [9.17, 15) is 0 Å². The summed E-state index contributed by atoms with van der Waals surface area (Å²) in [6.45, 7) is 0. The Labute approximate surface area is 364 Å². The van der Waals surface area contributed by atoms with E-state index in [0.29, 0.717) is 43.0 Å². The number of nitrogens with zero attached hydrogens (tertiary/aromatic N) is 3. The summed E-state index contributed by atoms with van der Waals surface area (Å²) in [5.41, 5.74) is 9.10. The maximum atomic E-state index is 6.95. The molecule has 8 aromatic carbocycles. The van der Waals surface area contributed by atoms with Crippen LogP contribution in [0.3, 0.4) is 0 Å². The lowest BCUT2D eigenvalue weighted by molar-refractivity contribution is 0.669. The molecule has 0 N–H and O–H groups in total. The highest BCUT2D eigenvalue weighted by Crippen LogP contribution is 2.39. The van der Waals surface area contributed by atoms with Crippen molar-refractivity contribution >= 4 is 157 Å². The van der Waals surface area contributed by atoms with E-state index in [2.05, 4.69) is 78.9 Å². The minimum Gasteiger partial charge on any atom is -0.456 e. The summed E-state index contributed by atoms with van der Waals surface area (Å²) >= 11 is 1.30. The highest BCUT2D eigenvalue weighted by Gasteiger charge is 2.25. The van der Waals surface area contributed by atoms with Gasteiger partial charge in [-0.2, -0.15) is 0 Å². The highest BCUT2D eigenvalue weighted by molar-refractivity contribution is 7.28. The first-order valence-corrected chi connectivity index (χ1v) is 20.3. The van der Waals surface area contributed by atoms with E-state index in [1.165, 1.54) is 22.1 Å². The van der Waals surface area contributed by atoms with Crippen LogP contribution in [0.25, 0.3) is 109 Å². The average Bonchev–Trinajstić information content (AvgIpc) is 3.89. The van der Waals surface area contributed by atoms with E-state index in [1.54, 1.807) is 0 Å². The Hall–Kier alpha value is -6.50. The third-order valence-corrected chi connectivity index (χ3v) is 12.8. The van der Waals surface area contributed by atoms with Gasteiger partial charge >= 0.3 is 0 Å². The van der Waals surface area contributed by atoms with Gasteiger partial charge in [0.05, 0.1) is 0 Å². The number of para-hydroxylation sites is 1. The number of fused-ring (bicyclic) bond motifs is 7. The smallest absolute Gasteiger partial charge is 0.164 e. The Morgan fingerprint density at radius 3 is 1.74 bits per heavy atom. The molecule has 0 fully saturated rings. The van der Waals surface area contributed by atoms with Gasteiger partial charge in [-0.15, -0.1) is 27.7 Å². The van der Waals surface area contributed by atoms with Gasteiger partial charge in [0.15, 0.2) is 17.5 Å². The number of thiophene rings is 1. The zero-order valence-electron chi connectivity index (χ0n) is 32.4. The fourth-order valence-electron chi connectivity index (χ4n) is 8.38. The van der Waals surface area contributed by atoms with Gasteiger partial charge in [0.25, 0.3) is 0 Å². The van der Waals surface area contributed by atoms with E-state index in [4.69, 9.17) is 74.3 Å². The summed E-state index contributed by atoms with van der Waals surface area (Å²) in [5, 5.41) is 5.29. The lowest BCUT2D eigenvalue weighted by Crippen LogP contribution is -2.47. The normalized spacial score (nSPS) is 11.7. The fraction of sp³-hybridized carbons (Fsp3) is 0. The molecule has 0 aliphatic rings. The molecular weight excluding hydrogens is 754 g/mol. The van der Waals surface area contributed by atoms with Crippen molar-refractivity contribution in [2.24, 2.45) is 0 Å². The van der Waals surface area contributed by atoms with Crippen molar-refractivity contribution in [3.8, 4) is 56.4 Å². The van der Waals surface area contributed by atoms with Gasteiger partial charge in [0.1, 0.15) is 66.1 Å². The second kappa shape index (κ2) is 14.3. The van der Waals surface area contributed by atoms with Crippen molar-refractivity contribution in [3.63, 3.8) is 0 Å². The molecule has 0 saturated carbocycles. The van der Waals surface area contributed by atoms with E-state index in [0.717, 1.165) is 49.7 Å². The molecule has 3 heterocycles. The Kier molecular flexibility index (Phi) is 8.80. The predicted molar refractivity (Wildman–Crippen MR) is 262 cm³/mol. The first kappa shape index (κ1) is 37.5. The van der Waals surface area contributed by atoms with Crippen LogP contribution < -0.4 is 38.2 Å². The van der Waals surface area contributed by atoms with Crippen molar-refractivity contribution in [1.29, 1.82) is 0 Å². The Balaban J connectivity index is 1.13. The minimum absolute atomic E-state index is 0.155. The van der Waals surface area contributed by atoms with Crippen LogP contribution in [0.15, 0.2) is 138 Å². The van der Waals surface area contributed by atoms with Crippen LogP contribution in [-0.2, 0) is 0 Å². The minimum atomic E-state index is 0.155. The molecule has 0 aliphatic heterocycles. The monoisotopic (exact) mass is 777 g/mol. The second-order valence-electron chi connectivity index (χ2n) is 15.1. The van der Waals surface area contributed by atoms with Gasteiger partial charge in [-0.25, -0.2) is 15.0 Å². The zero-order chi connectivity index (χ0) is 41.7. The van der Waals surface area contributed by atoms with Crippen LogP contribution in [0.5, 0.6) is 0 Å². The van der Waals surface area contributed by atoms with Crippen molar-refractivity contribution in [1.82, 2.24) is 15.0 Å². The third-order valence-electron chi connectivity index (χ3n) is 11.6. The summed E-state index contributed by atoms with van der Waals surface area (Å²) in [4.78, 5) is 15.5. The molecule has 11 aromatic rings. The lowest BCUT2D eigenvalue weighted by Gasteiger charge is -2.18. The summed E-state index contributed by atoms with van der Waals surface area (Å²) in [7, 11) is 46.4. The topological polar surface area (TPSA) is 51.8 Å². The molecule has 0 unspecified atom stereocenters. The van der Waals surface area contributed by atoms with Gasteiger partial charge in [-0.3, -0.25) is 0 Å². The molecular formula is C49H22B7N3OS. The first-order valence-electron chi connectivity index (χ1n) is 19.5. The molecule has 0 aliphatic carbocycles. The number of furan rings is 1. The number of rotatable bonds is 5. The number of hydrogen-bond acceptors (Lipinski definition) is 5. The van der Waals surface area contributed by atoms with Crippen LogP contribution in [0.4, 0.5) is 0 Å². The molecule has 0 bridgehead atoms. The van der Waals surface area contributed by atoms with E-state index in [1.807, 2.05) is 54.6 Å². The van der Waals surface area contributed by atoms with Crippen LogP contribution >= 0.6 is 11.3 Å². The average molecular weight is 776 g/mol. The van der Waals surface area contributed by atoms with Gasteiger partial charge in [-0.05, 0) is 62.7 Å². The SMILES string of the molecule is [B]c1c([B])c([B])c2c(sc3c([B])c([B])c([B])c(-c4nc(-c5cccc(-c6ccc(-c7ccc8ccccc8c7)cc6)c5)nc(-c5cccc6oc7ccccc7c56)n4)c32)c1[B]. The molecule has 0 saturated heterocycles. The van der Waals surface area contributed by atoms with Gasteiger partial charge < -0.3 is 4.42 Å². The van der Waals surface area contributed by atoms with Crippen LogP contribution in [0, 0.1) is 0 Å². The summed E-state index contributed by atoms with van der Waals surface area (Å²) < 4.78 is 7.48. The van der Waals surface area contributed by atoms with Crippen LogP contribution in [0.1, 0.15) is 0 Å². The molecule has 3 aromatic heterocycles. The molecule has 0 atom stereocenters. The quantitative estimate of drug-likeness (QED) is 0.226. The van der Waals surface area contributed by atoms with Crippen LogP contribution in [-0.4, -0.2) is 69.9 Å². The predicted octanol–water partition coefficient (Wildman–Crippen LogP) is 5.18. The van der Waals surface area contributed by atoms with Gasteiger partial charge in [0, 0.05) is 42.2 Å². The first-order chi connectivity index (χ1) is 29.6. The zero-order valence-corrected chi connectivity index (χ0v) is 33.2. The van der Waals surface area contributed by atoms with E-state index in [-0.39, 0.29) is 44.1 Å². The number of aromatic nitrogens is 3.